The Morgan fingerprint density at radius 1 is 1.15 bits per heavy atom. The van der Waals surface area contributed by atoms with Crippen LogP contribution in [0.4, 0.5) is 0 Å². The number of aliphatic hydroxyl groups is 1. The van der Waals surface area contributed by atoms with Gasteiger partial charge in [0, 0.05) is 49.9 Å². The Bertz CT molecular complexity index is 572. The Labute approximate surface area is 163 Å². The Morgan fingerprint density at radius 2 is 1.88 bits per heavy atom. The van der Waals surface area contributed by atoms with Gasteiger partial charge in [-0.25, -0.2) is 0 Å². The first-order valence-electron chi connectivity index (χ1n) is 9.84. The molecule has 2 aliphatic heterocycles. The van der Waals surface area contributed by atoms with Crippen molar-refractivity contribution < 1.29 is 5.11 Å². The molecule has 0 aliphatic carbocycles. The van der Waals surface area contributed by atoms with Crippen molar-refractivity contribution in [1.29, 1.82) is 0 Å². The number of aliphatic hydroxyl groups excluding tert-OH is 1. The Kier molecular flexibility index (Phi) is 7.52. The fourth-order valence-electron chi connectivity index (χ4n) is 4.28. The summed E-state index contributed by atoms with van der Waals surface area (Å²) in [7, 11) is 2.21. The molecule has 2 aliphatic rings. The molecule has 4 nitrogen and oxygen atoms in total. The summed E-state index contributed by atoms with van der Waals surface area (Å²) in [6.07, 6.45) is 5.40. The Hall–Kier alpha value is -0.910. The van der Waals surface area contributed by atoms with Crippen molar-refractivity contribution in [3.05, 3.63) is 40.9 Å². The summed E-state index contributed by atoms with van der Waals surface area (Å²) in [6.45, 7) is 6.53. The molecule has 26 heavy (non-hydrogen) atoms. The molecule has 0 amide bonds. The van der Waals surface area contributed by atoms with E-state index >= 15 is 0 Å². The smallest absolute Gasteiger partial charge is 0.0446 e. The molecular weight excluding hydrogens is 346 g/mol. The molecule has 0 bridgehead atoms. The number of hydrogen-bond acceptors (Lipinski definition) is 4. The first-order valence-corrected chi connectivity index (χ1v) is 10.2. The molecule has 0 aromatic heterocycles. The van der Waals surface area contributed by atoms with Gasteiger partial charge in [0.05, 0.1) is 0 Å². The number of hydrogen-bond donors (Lipinski definition) is 1. The van der Waals surface area contributed by atoms with Crippen LogP contribution in [0.5, 0.6) is 0 Å². The quantitative estimate of drug-likeness (QED) is 0.825. The lowest BCUT2D eigenvalue weighted by Crippen LogP contribution is -2.58. The zero-order valence-electron chi connectivity index (χ0n) is 15.9. The van der Waals surface area contributed by atoms with Gasteiger partial charge in [0.1, 0.15) is 0 Å². The van der Waals surface area contributed by atoms with Gasteiger partial charge in [0.25, 0.3) is 0 Å². The number of benzene rings is 1. The minimum Gasteiger partial charge on any atom is -0.396 e. The topological polar surface area (TPSA) is 30.0 Å². The fourth-order valence-corrected chi connectivity index (χ4v) is 4.58. The van der Waals surface area contributed by atoms with Crippen molar-refractivity contribution in [2.24, 2.45) is 0 Å². The predicted molar refractivity (Wildman–Crippen MR) is 109 cm³/mol. The van der Waals surface area contributed by atoms with Crippen LogP contribution in [-0.2, 0) is 0 Å². The van der Waals surface area contributed by atoms with E-state index in [4.69, 9.17) is 11.6 Å². The van der Waals surface area contributed by atoms with Crippen molar-refractivity contribution in [2.75, 3.05) is 52.9 Å². The van der Waals surface area contributed by atoms with Crippen molar-refractivity contribution >= 4 is 17.7 Å². The summed E-state index contributed by atoms with van der Waals surface area (Å²) in [5.74, 6) is 0. The van der Waals surface area contributed by atoms with Crippen LogP contribution in [0.15, 0.2) is 35.4 Å². The van der Waals surface area contributed by atoms with Crippen LogP contribution in [-0.4, -0.2) is 84.8 Å². The highest BCUT2D eigenvalue weighted by molar-refractivity contribution is 6.31. The van der Waals surface area contributed by atoms with E-state index in [-0.39, 0.29) is 6.61 Å². The predicted octanol–water partition coefficient (Wildman–Crippen LogP) is 2.73. The van der Waals surface area contributed by atoms with E-state index in [0.717, 1.165) is 43.2 Å². The highest BCUT2D eigenvalue weighted by Gasteiger charge is 2.33. The summed E-state index contributed by atoms with van der Waals surface area (Å²) in [5.41, 5.74) is 1.15. The third-order valence-electron chi connectivity index (χ3n) is 5.73. The highest BCUT2D eigenvalue weighted by Crippen LogP contribution is 2.24. The maximum atomic E-state index is 9.55. The second-order valence-electron chi connectivity index (χ2n) is 7.68. The number of piperazine rings is 1. The third kappa shape index (κ3) is 5.54. The third-order valence-corrected chi connectivity index (χ3v) is 5.96. The van der Waals surface area contributed by atoms with Gasteiger partial charge in [-0.3, -0.25) is 9.80 Å². The molecule has 2 saturated heterocycles. The van der Waals surface area contributed by atoms with Crippen LogP contribution in [0.2, 0.25) is 0 Å². The van der Waals surface area contributed by atoms with E-state index < -0.39 is 0 Å². The average molecular weight is 378 g/mol. The maximum absolute atomic E-state index is 9.55. The zero-order valence-corrected chi connectivity index (χ0v) is 16.6. The van der Waals surface area contributed by atoms with E-state index in [0.29, 0.717) is 12.1 Å². The molecule has 5 heteroatoms. The minimum absolute atomic E-state index is 0.259. The number of rotatable bonds is 6. The first-order chi connectivity index (χ1) is 12.7. The van der Waals surface area contributed by atoms with Gasteiger partial charge in [0.2, 0.25) is 0 Å². The normalized spacial score (nSPS) is 24.9. The Morgan fingerprint density at radius 3 is 2.58 bits per heavy atom. The molecule has 144 valence electrons. The van der Waals surface area contributed by atoms with E-state index in [1.807, 2.05) is 18.2 Å². The summed E-state index contributed by atoms with van der Waals surface area (Å²) in [5, 5.41) is 10.4. The van der Waals surface area contributed by atoms with E-state index in [2.05, 4.69) is 40.0 Å². The van der Waals surface area contributed by atoms with Crippen molar-refractivity contribution in [2.45, 2.75) is 31.3 Å². The van der Waals surface area contributed by atoms with Crippen molar-refractivity contribution in [3.63, 3.8) is 0 Å². The van der Waals surface area contributed by atoms with Crippen LogP contribution < -0.4 is 0 Å². The molecule has 2 fully saturated rings. The van der Waals surface area contributed by atoms with Crippen molar-refractivity contribution in [3.8, 4) is 0 Å². The molecule has 0 radical (unpaired) electrons. The van der Waals surface area contributed by atoms with E-state index in [1.165, 1.54) is 25.9 Å². The number of likely N-dealkylation sites (tertiary alicyclic amines) is 1. The first kappa shape index (κ1) is 19.8. The van der Waals surface area contributed by atoms with E-state index in [9.17, 15) is 5.11 Å². The van der Waals surface area contributed by atoms with Gasteiger partial charge in [-0.2, -0.15) is 0 Å². The molecule has 2 heterocycles. The minimum atomic E-state index is 0.259. The SMILES string of the molecule is CN1CCC(N2CCN(C/C(Cl)=C/c3ccccc3)CC2CCO)CC1. The lowest BCUT2D eigenvalue weighted by Gasteiger charge is -2.47. The molecule has 1 aromatic carbocycles. The van der Waals surface area contributed by atoms with Gasteiger partial charge < -0.3 is 10.0 Å². The van der Waals surface area contributed by atoms with Gasteiger partial charge in [0.15, 0.2) is 0 Å². The molecule has 0 spiro atoms. The highest BCUT2D eigenvalue weighted by atomic mass is 35.5. The molecular formula is C21H32ClN3O. The monoisotopic (exact) mass is 377 g/mol. The Balaban J connectivity index is 1.57. The van der Waals surface area contributed by atoms with Crippen LogP contribution in [0, 0.1) is 0 Å². The van der Waals surface area contributed by atoms with Crippen LogP contribution >= 0.6 is 11.6 Å². The van der Waals surface area contributed by atoms with Gasteiger partial charge in [-0.15, -0.1) is 0 Å². The summed E-state index contributed by atoms with van der Waals surface area (Å²) >= 11 is 6.53. The molecule has 1 aromatic rings. The second-order valence-corrected chi connectivity index (χ2v) is 8.16. The number of piperidine rings is 1. The fraction of sp³-hybridized carbons (Fsp3) is 0.619. The largest absolute Gasteiger partial charge is 0.396 e. The molecule has 0 saturated carbocycles. The van der Waals surface area contributed by atoms with Gasteiger partial charge >= 0.3 is 0 Å². The molecule has 1 atom stereocenters. The lowest BCUT2D eigenvalue weighted by molar-refractivity contribution is 0.0119. The lowest BCUT2D eigenvalue weighted by atomic mass is 9.98. The second kappa shape index (κ2) is 9.86. The molecule has 1 unspecified atom stereocenters. The average Bonchev–Trinajstić information content (AvgIpc) is 2.64. The summed E-state index contributed by atoms with van der Waals surface area (Å²) in [6, 6.07) is 11.3. The maximum Gasteiger partial charge on any atom is 0.0446 e. The zero-order chi connectivity index (χ0) is 18.4. The van der Waals surface area contributed by atoms with Crippen LogP contribution in [0.3, 0.4) is 0 Å². The van der Waals surface area contributed by atoms with Gasteiger partial charge in [-0.1, -0.05) is 41.9 Å². The summed E-state index contributed by atoms with van der Waals surface area (Å²) in [4.78, 5) is 7.52. The van der Waals surface area contributed by atoms with Crippen molar-refractivity contribution in [1.82, 2.24) is 14.7 Å². The molecule has 1 N–H and O–H groups in total. The van der Waals surface area contributed by atoms with E-state index in [1.54, 1.807) is 0 Å². The van der Waals surface area contributed by atoms with Crippen LogP contribution in [0.25, 0.3) is 6.08 Å². The van der Waals surface area contributed by atoms with Gasteiger partial charge in [-0.05, 0) is 51.0 Å². The number of halogens is 1. The number of nitrogens with zero attached hydrogens (tertiary/aromatic N) is 3. The summed E-state index contributed by atoms with van der Waals surface area (Å²) < 4.78 is 0. The van der Waals surface area contributed by atoms with Crippen LogP contribution in [0.1, 0.15) is 24.8 Å². The standard InChI is InChI=1S/C21H32ClN3O/c1-23-10-7-20(8-11-23)25-13-12-24(17-21(25)9-14-26)16-19(22)15-18-5-3-2-4-6-18/h2-6,15,20-21,26H,7-14,16-17H2,1H3/b19-15-. The molecule has 3 rings (SSSR count).